The van der Waals surface area contributed by atoms with E-state index >= 15 is 0 Å². The lowest BCUT2D eigenvalue weighted by Crippen LogP contribution is -1.75. The van der Waals surface area contributed by atoms with Crippen LogP contribution in [-0.2, 0) is 0 Å². The van der Waals surface area contributed by atoms with Crippen LogP contribution >= 0.6 is 15.9 Å². The molecule has 0 saturated carbocycles. The summed E-state index contributed by atoms with van der Waals surface area (Å²) in [5.41, 5.74) is 1.91. The molecule has 11 heavy (non-hydrogen) atoms. The van der Waals surface area contributed by atoms with E-state index in [9.17, 15) is 0 Å². The lowest BCUT2D eigenvalue weighted by Gasteiger charge is -1.87. The monoisotopic (exact) mass is 211 g/mol. The van der Waals surface area contributed by atoms with E-state index in [1.807, 2.05) is 13.0 Å². The number of hydrogen-bond acceptors (Lipinski definition) is 2. The van der Waals surface area contributed by atoms with Crippen molar-refractivity contribution in [3.63, 3.8) is 0 Å². The minimum absolute atomic E-state index is 0.791. The molecule has 0 spiro atoms. The Balaban J connectivity index is 2.90. The van der Waals surface area contributed by atoms with Gasteiger partial charge in [0.15, 0.2) is 0 Å². The summed E-state index contributed by atoms with van der Waals surface area (Å²) in [5, 5.41) is 0. The minimum atomic E-state index is 0.791. The Kier molecular flexibility index (Phi) is 1.42. The van der Waals surface area contributed by atoms with E-state index < -0.39 is 0 Å². The topological polar surface area (TPSA) is 41.6 Å². The molecular weight excluding hydrogens is 206 g/mol. The molecule has 2 rings (SSSR count). The van der Waals surface area contributed by atoms with Crippen molar-refractivity contribution in [2.45, 2.75) is 6.92 Å². The number of H-pyrrole nitrogens is 1. The molecule has 4 heteroatoms. The predicted molar refractivity (Wildman–Crippen MR) is 46.3 cm³/mol. The van der Waals surface area contributed by atoms with Gasteiger partial charge in [0.25, 0.3) is 0 Å². The Morgan fingerprint density at radius 1 is 1.55 bits per heavy atom. The average molecular weight is 212 g/mol. The summed E-state index contributed by atoms with van der Waals surface area (Å²) in [5.74, 6) is 0.911. The molecule has 0 amide bonds. The fourth-order valence-corrected chi connectivity index (χ4v) is 1.45. The molecule has 1 N–H and O–H groups in total. The van der Waals surface area contributed by atoms with Crippen LogP contribution in [0.5, 0.6) is 0 Å². The Morgan fingerprint density at radius 2 is 2.36 bits per heavy atom. The second-order valence-corrected chi connectivity index (χ2v) is 3.07. The number of hydrogen-bond donors (Lipinski definition) is 1. The van der Waals surface area contributed by atoms with Gasteiger partial charge in [0, 0.05) is 6.20 Å². The zero-order valence-corrected chi connectivity index (χ0v) is 7.51. The van der Waals surface area contributed by atoms with Crippen molar-refractivity contribution in [1.82, 2.24) is 15.0 Å². The Bertz CT molecular complexity index is 393. The molecule has 0 bridgehead atoms. The Morgan fingerprint density at radius 3 is 3.09 bits per heavy atom. The first-order chi connectivity index (χ1) is 5.27. The van der Waals surface area contributed by atoms with Gasteiger partial charge in [-0.3, -0.25) is 0 Å². The second kappa shape index (κ2) is 2.30. The number of halogens is 1. The fourth-order valence-electron chi connectivity index (χ4n) is 1.03. The third-order valence-corrected chi connectivity index (χ3v) is 2.06. The van der Waals surface area contributed by atoms with Crippen molar-refractivity contribution in [3.05, 3.63) is 22.7 Å². The molecule has 56 valence electrons. The second-order valence-electron chi connectivity index (χ2n) is 2.32. The molecule has 0 saturated heterocycles. The van der Waals surface area contributed by atoms with Crippen molar-refractivity contribution in [1.29, 1.82) is 0 Å². The maximum atomic E-state index is 4.25. The zero-order chi connectivity index (χ0) is 7.84. The summed E-state index contributed by atoms with van der Waals surface area (Å²) in [7, 11) is 0. The van der Waals surface area contributed by atoms with Crippen LogP contribution in [0.2, 0.25) is 0 Å². The molecule has 0 aromatic carbocycles. The number of imidazole rings is 1. The molecule has 0 aliphatic carbocycles. The highest BCUT2D eigenvalue weighted by atomic mass is 79.9. The first-order valence-corrected chi connectivity index (χ1v) is 4.03. The van der Waals surface area contributed by atoms with E-state index in [1.54, 1.807) is 6.20 Å². The van der Waals surface area contributed by atoms with Crippen LogP contribution in [0.25, 0.3) is 11.0 Å². The van der Waals surface area contributed by atoms with E-state index in [0.717, 1.165) is 21.5 Å². The number of nitrogens with zero attached hydrogens (tertiary/aromatic N) is 2. The number of pyridine rings is 1. The Hall–Kier alpha value is -0.900. The molecule has 0 fully saturated rings. The third-order valence-electron chi connectivity index (χ3n) is 1.47. The fraction of sp³-hybridized carbons (Fsp3) is 0.143. The van der Waals surface area contributed by atoms with Crippen LogP contribution in [-0.4, -0.2) is 15.0 Å². The lowest BCUT2D eigenvalue weighted by molar-refractivity contribution is 1.17. The first-order valence-electron chi connectivity index (χ1n) is 3.24. The third kappa shape index (κ3) is 1.03. The number of aromatic amines is 1. The van der Waals surface area contributed by atoms with Gasteiger partial charge in [0.05, 0.1) is 5.52 Å². The standard InChI is InChI=1S/C7H6BrN3/c1-4-10-5-2-3-9-7(8)6(5)11-4/h2-3H,1H3,(H,10,11). The summed E-state index contributed by atoms with van der Waals surface area (Å²) < 4.78 is 0.791. The lowest BCUT2D eigenvalue weighted by atomic mass is 10.4. The van der Waals surface area contributed by atoms with E-state index in [-0.39, 0.29) is 0 Å². The highest BCUT2D eigenvalue weighted by Gasteiger charge is 2.02. The molecule has 2 heterocycles. The molecule has 3 nitrogen and oxygen atoms in total. The maximum absolute atomic E-state index is 4.25. The molecule has 0 aliphatic heterocycles. The van der Waals surface area contributed by atoms with Crippen LogP contribution in [0.4, 0.5) is 0 Å². The van der Waals surface area contributed by atoms with Gasteiger partial charge in [-0.1, -0.05) is 0 Å². The zero-order valence-electron chi connectivity index (χ0n) is 5.93. The van der Waals surface area contributed by atoms with E-state index in [0.29, 0.717) is 0 Å². The predicted octanol–water partition coefficient (Wildman–Crippen LogP) is 2.03. The maximum Gasteiger partial charge on any atom is 0.133 e. The number of nitrogens with one attached hydrogen (secondary N) is 1. The van der Waals surface area contributed by atoms with Crippen LogP contribution in [0, 0.1) is 6.92 Å². The molecular formula is C7H6BrN3. The SMILES string of the molecule is Cc1nc2c(Br)nccc2[nH]1. The normalized spacial score (nSPS) is 10.7. The molecule has 0 radical (unpaired) electrons. The summed E-state index contributed by atoms with van der Waals surface area (Å²) in [6.07, 6.45) is 1.74. The van der Waals surface area contributed by atoms with E-state index in [2.05, 4.69) is 30.9 Å². The average Bonchev–Trinajstić information content (AvgIpc) is 2.31. The first kappa shape index (κ1) is 6.79. The van der Waals surface area contributed by atoms with E-state index in [4.69, 9.17) is 0 Å². The summed E-state index contributed by atoms with van der Waals surface area (Å²) in [6, 6.07) is 1.90. The van der Waals surface area contributed by atoms with Crippen LogP contribution in [0.15, 0.2) is 16.9 Å². The number of rotatable bonds is 0. The van der Waals surface area contributed by atoms with Gasteiger partial charge >= 0.3 is 0 Å². The smallest absolute Gasteiger partial charge is 0.133 e. The van der Waals surface area contributed by atoms with Gasteiger partial charge in [0.1, 0.15) is 15.9 Å². The van der Waals surface area contributed by atoms with Crippen molar-refractivity contribution in [3.8, 4) is 0 Å². The number of fused-ring (bicyclic) bond motifs is 1. The highest BCUT2D eigenvalue weighted by molar-refractivity contribution is 9.10. The van der Waals surface area contributed by atoms with Gasteiger partial charge in [-0.25, -0.2) is 9.97 Å². The van der Waals surface area contributed by atoms with E-state index in [1.165, 1.54) is 0 Å². The van der Waals surface area contributed by atoms with Gasteiger partial charge in [-0.05, 0) is 28.9 Å². The van der Waals surface area contributed by atoms with Crippen molar-refractivity contribution in [2.75, 3.05) is 0 Å². The Labute approximate surface area is 72.0 Å². The molecule has 2 aromatic rings. The summed E-state index contributed by atoms with van der Waals surface area (Å²) in [6.45, 7) is 1.92. The van der Waals surface area contributed by atoms with Gasteiger partial charge in [-0.2, -0.15) is 0 Å². The quantitative estimate of drug-likeness (QED) is 0.678. The van der Waals surface area contributed by atoms with Gasteiger partial charge < -0.3 is 4.98 Å². The summed E-state index contributed by atoms with van der Waals surface area (Å²) >= 11 is 3.32. The van der Waals surface area contributed by atoms with Crippen LogP contribution < -0.4 is 0 Å². The van der Waals surface area contributed by atoms with Gasteiger partial charge in [0.2, 0.25) is 0 Å². The van der Waals surface area contributed by atoms with Crippen LogP contribution in [0.3, 0.4) is 0 Å². The molecule has 0 atom stereocenters. The number of aryl methyl sites for hydroxylation is 1. The van der Waals surface area contributed by atoms with Crippen molar-refractivity contribution < 1.29 is 0 Å². The molecule has 2 aromatic heterocycles. The number of aromatic nitrogens is 3. The largest absolute Gasteiger partial charge is 0.342 e. The van der Waals surface area contributed by atoms with Crippen molar-refractivity contribution in [2.24, 2.45) is 0 Å². The van der Waals surface area contributed by atoms with Crippen LogP contribution in [0.1, 0.15) is 5.82 Å². The minimum Gasteiger partial charge on any atom is -0.342 e. The van der Waals surface area contributed by atoms with Crippen molar-refractivity contribution >= 4 is 27.0 Å². The highest BCUT2D eigenvalue weighted by Crippen LogP contribution is 2.18. The van der Waals surface area contributed by atoms with Gasteiger partial charge in [-0.15, -0.1) is 0 Å². The summed E-state index contributed by atoms with van der Waals surface area (Å²) in [4.78, 5) is 11.4. The molecule has 0 unspecified atom stereocenters. The molecule has 0 aliphatic rings.